The molecule has 1 aromatic rings. The van der Waals surface area contributed by atoms with Crippen molar-refractivity contribution >= 4 is 17.6 Å². The van der Waals surface area contributed by atoms with Gasteiger partial charge in [0.1, 0.15) is 0 Å². The minimum Gasteiger partial charge on any atom is -0.398 e. The number of nitrogens with zero attached hydrogens (tertiary/aromatic N) is 2. The van der Waals surface area contributed by atoms with E-state index in [1.54, 1.807) is 12.3 Å². The van der Waals surface area contributed by atoms with Crippen LogP contribution >= 0.6 is 0 Å². The zero-order chi connectivity index (χ0) is 11.3. The molecule has 2 N–H and O–H groups in total. The minimum atomic E-state index is -0.469. The summed E-state index contributed by atoms with van der Waals surface area (Å²) in [5.41, 5.74) is 6.74. The van der Waals surface area contributed by atoms with E-state index in [-0.39, 0.29) is 5.69 Å². The largest absolute Gasteiger partial charge is 0.398 e. The third-order valence-corrected chi connectivity index (χ3v) is 1.86. The normalized spacial score (nSPS) is 10.7. The molecule has 15 heavy (non-hydrogen) atoms. The Balaban J connectivity index is 2.88. The Morgan fingerprint density at radius 3 is 2.87 bits per heavy atom. The summed E-state index contributed by atoms with van der Waals surface area (Å²) in [5, 5.41) is 10.4. The fraction of sp³-hybridized carbons (Fsp3) is 0.300. The van der Waals surface area contributed by atoms with Gasteiger partial charge in [-0.05, 0) is 12.5 Å². The third-order valence-electron chi connectivity index (χ3n) is 1.86. The molecule has 1 rings (SSSR count). The molecule has 80 valence electrons. The van der Waals surface area contributed by atoms with Gasteiger partial charge in [-0.3, -0.25) is 15.1 Å². The molecule has 0 heterocycles. The molecule has 0 radical (unpaired) electrons. The zero-order valence-electron chi connectivity index (χ0n) is 8.51. The monoisotopic (exact) mass is 207 g/mol. The van der Waals surface area contributed by atoms with Crippen molar-refractivity contribution in [1.82, 2.24) is 0 Å². The van der Waals surface area contributed by atoms with E-state index in [4.69, 9.17) is 5.73 Å². The van der Waals surface area contributed by atoms with Gasteiger partial charge in [0.15, 0.2) is 0 Å². The number of anilines is 1. The second-order valence-electron chi connectivity index (χ2n) is 3.11. The van der Waals surface area contributed by atoms with Crippen LogP contribution in [0.5, 0.6) is 0 Å². The molecule has 0 aromatic heterocycles. The molecule has 0 fully saturated rings. The van der Waals surface area contributed by atoms with Crippen LogP contribution in [0.15, 0.2) is 23.2 Å². The highest BCUT2D eigenvalue weighted by Crippen LogP contribution is 2.18. The Morgan fingerprint density at radius 1 is 1.60 bits per heavy atom. The molecule has 0 unspecified atom stereocenters. The zero-order valence-corrected chi connectivity index (χ0v) is 8.51. The summed E-state index contributed by atoms with van der Waals surface area (Å²) in [6.07, 6.45) is 2.60. The summed E-state index contributed by atoms with van der Waals surface area (Å²) in [6.45, 7) is 2.76. The van der Waals surface area contributed by atoms with Gasteiger partial charge >= 0.3 is 0 Å². The highest BCUT2D eigenvalue weighted by atomic mass is 16.6. The molecule has 0 bridgehead atoms. The summed E-state index contributed by atoms with van der Waals surface area (Å²) in [6, 6.07) is 4.36. The first-order valence-corrected chi connectivity index (χ1v) is 4.69. The Hall–Kier alpha value is -1.91. The number of nitrogen functional groups attached to an aromatic ring is 1. The van der Waals surface area contributed by atoms with Gasteiger partial charge < -0.3 is 5.73 Å². The summed E-state index contributed by atoms with van der Waals surface area (Å²) < 4.78 is 0. The lowest BCUT2D eigenvalue weighted by atomic mass is 10.2. The maximum atomic E-state index is 10.4. The number of rotatable bonds is 4. The molecule has 5 heteroatoms. The van der Waals surface area contributed by atoms with Crippen molar-refractivity contribution in [3.05, 3.63) is 33.9 Å². The van der Waals surface area contributed by atoms with Crippen LogP contribution in [0, 0.1) is 10.1 Å². The van der Waals surface area contributed by atoms with Gasteiger partial charge in [-0.1, -0.05) is 6.92 Å². The number of benzene rings is 1. The predicted octanol–water partition coefficient (Wildman–Crippen LogP) is 2.01. The maximum Gasteiger partial charge on any atom is 0.271 e. The van der Waals surface area contributed by atoms with Crippen LogP contribution in [0.2, 0.25) is 0 Å². The third kappa shape index (κ3) is 3.05. The number of nitro benzene ring substituents is 1. The number of hydrogen-bond acceptors (Lipinski definition) is 4. The van der Waals surface area contributed by atoms with E-state index in [1.807, 2.05) is 6.92 Å². The van der Waals surface area contributed by atoms with Gasteiger partial charge in [-0.25, -0.2) is 0 Å². The Morgan fingerprint density at radius 2 is 2.33 bits per heavy atom. The molecule has 0 amide bonds. The minimum absolute atomic E-state index is 0.000131. The highest BCUT2D eigenvalue weighted by molar-refractivity contribution is 5.87. The molecule has 1 aromatic carbocycles. The second-order valence-corrected chi connectivity index (χ2v) is 3.11. The first-order chi connectivity index (χ1) is 7.15. The van der Waals surface area contributed by atoms with E-state index in [1.165, 1.54) is 12.1 Å². The van der Waals surface area contributed by atoms with E-state index < -0.39 is 4.92 Å². The Kier molecular flexibility index (Phi) is 3.79. The Labute approximate surface area is 87.8 Å². The fourth-order valence-electron chi connectivity index (χ4n) is 1.09. The van der Waals surface area contributed by atoms with Crippen LogP contribution in [0.1, 0.15) is 18.9 Å². The van der Waals surface area contributed by atoms with Crippen molar-refractivity contribution < 1.29 is 4.92 Å². The topological polar surface area (TPSA) is 81.5 Å². The van der Waals surface area contributed by atoms with Crippen molar-refractivity contribution in [1.29, 1.82) is 0 Å². The number of hydrogen-bond donors (Lipinski definition) is 1. The number of nitro groups is 1. The van der Waals surface area contributed by atoms with Gasteiger partial charge in [0.05, 0.1) is 4.92 Å². The van der Waals surface area contributed by atoms with Crippen LogP contribution in [0.25, 0.3) is 0 Å². The molecular formula is C10H13N3O2. The Bertz CT molecular complexity index is 388. The lowest BCUT2D eigenvalue weighted by molar-refractivity contribution is -0.384. The first-order valence-electron chi connectivity index (χ1n) is 4.69. The number of non-ortho nitro benzene ring substituents is 1. The fourth-order valence-corrected chi connectivity index (χ4v) is 1.09. The van der Waals surface area contributed by atoms with Crippen LogP contribution < -0.4 is 5.73 Å². The van der Waals surface area contributed by atoms with Crippen LogP contribution in [0.4, 0.5) is 11.4 Å². The van der Waals surface area contributed by atoms with E-state index in [9.17, 15) is 10.1 Å². The van der Waals surface area contributed by atoms with Crippen LogP contribution in [-0.2, 0) is 0 Å². The average Bonchev–Trinajstić information content (AvgIpc) is 2.20. The smallest absolute Gasteiger partial charge is 0.271 e. The molecule has 0 aliphatic heterocycles. The molecule has 0 aliphatic rings. The van der Waals surface area contributed by atoms with Gasteiger partial charge in [0, 0.05) is 36.1 Å². The second kappa shape index (κ2) is 5.09. The van der Waals surface area contributed by atoms with E-state index in [2.05, 4.69) is 4.99 Å². The lowest BCUT2D eigenvalue weighted by Gasteiger charge is -1.99. The molecule has 0 saturated heterocycles. The standard InChI is InChI=1S/C10H13N3O2/c1-2-5-12-7-8-3-4-9(13(14)15)6-10(8)11/h3-4,6-7H,2,5,11H2,1H3. The van der Waals surface area contributed by atoms with Crippen LogP contribution in [0.3, 0.4) is 0 Å². The van der Waals surface area contributed by atoms with E-state index in [0.717, 1.165) is 13.0 Å². The van der Waals surface area contributed by atoms with Gasteiger partial charge in [-0.15, -0.1) is 0 Å². The van der Waals surface area contributed by atoms with Gasteiger partial charge in [0.2, 0.25) is 0 Å². The van der Waals surface area contributed by atoms with E-state index in [0.29, 0.717) is 11.3 Å². The summed E-state index contributed by atoms with van der Waals surface area (Å²) in [4.78, 5) is 14.1. The van der Waals surface area contributed by atoms with Gasteiger partial charge in [-0.2, -0.15) is 0 Å². The first kappa shape index (κ1) is 11.2. The number of nitrogens with two attached hydrogens (primary N) is 1. The molecule has 0 saturated carbocycles. The molecular weight excluding hydrogens is 194 g/mol. The van der Waals surface area contributed by atoms with Crippen molar-refractivity contribution in [2.24, 2.45) is 4.99 Å². The van der Waals surface area contributed by atoms with Crippen molar-refractivity contribution in [3.8, 4) is 0 Å². The van der Waals surface area contributed by atoms with Gasteiger partial charge in [0.25, 0.3) is 5.69 Å². The summed E-state index contributed by atoms with van der Waals surface area (Å²) in [5.74, 6) is 0. The predicted molar refractivity (Wildman–Crippen MR) is 60.3 cm³/mol. The number of aliphatic imine (C=N–C) groups is 1. The quantitative estimate of drug-likeness (QED) is 0.355. The maximum absolute atomic E-state index is 10.4. The van der Waals surface area contributed by atoms with Crippen molar-refractivity contribution in [3.63, 3.8) is 0 Å². The molecule has 5 nitrogen and oxygen atoms in total. The summed E-state index contributed by atoms with van der Waals surface area (Å²) in [7, 11) is 0. The highest BCUT2D eigenvalue weighted by Gasteiger charge is 2.06. The SMILES string of the molecule is CCCN=Cc1ccc([N+](=O)[O-])cc1N. The van der Waals surface area contributed by atoms with Crippen LogP contribution in [-0.4, -0.2) is 17.7 Å². The van der Waals surface area contributed by atoms with Crippen molar-refractivity contribution in [2.75, 3.05) is 12.3 Å². The van der Waals surface area contributed by atoms with E-state index >= 15 is 0 Å². The van der Waals surface area contributed by atoms with Crippen molar-refractivity contribution in [2.45, 2.75) is 13.3 Å². The lowest BCUT2D eigenvalue weighted by Crippen LogP contribution is -1.96. The molecule has 0 atom stereocenters. The molecule has 0 spiro atoms. The average molecular weight is 207 g/mol. The molecule has 0 aliphatic carbocycles. The summed E-state index contributed by atoms with van der Waals surface area (Å²) >= 11 is 0.